The third-order valence-corrected chi connectivity index (χ3v) is 2.17. The number of benzene rings is 1. The van der Waals surface area contributed by atoms with E-state index in [4.69, 9.17) is 16.3 Å². The molecule has 94 valence electrons. The highest BCUT2D eigenvalue weighted by atomic mass is 35.5. The zero-order valence-corrected chi connectivity index (χ0v) is 11.0. The van der Waals surface area contributed by atoms with Crippen LogP contribution in [0.2, 0.25) is 5.02 Å². The second-order valence-electron chi connectivity index (χ2n) is 3.83. The van der Waals surface area contributed by atoms with Gasteiger partial charge in [0.25, 0.3) is 0 Å². The minimum Gasteiger partial charge on any atom is -0.450 e. The molecule has 0 atom stereocenters. The van der Waals surface area contributed by atoms with Crippen LogP contribution in [0.1, 0.15) is 20.8 Å². The van der Waals surface area contributed by atoms with E-state index in [0.29, 0.717) is 17.3 Å². The molecule has 0 heterocycles. The molecule has 0 bridgehead atoms. The van der Waals surface area contributed by atoms with Crippen molar-refractivity contribution in [3.63, 3.8) is 0 Å². The van der Waals surface area contributed by atoms with Gasteiger partial charge in [0.1, 0.15) is 0 Å². The number of nitrogens with one attached hydrogen (secondary N) is 2. The number of hydrogen-bond donors (Lipinski definition) is 2. The van der Waals surface area contributed by atoms with E-state index in [1.165, 1.54) is 0 Å². The Balaban J connectivity index is 2.86. The Morgan fingerprint density at radius 3 is 2.71 bits per heavy atom. The van der Waals surface area contributed by atoms with Crippen molar-refractivity contribution in [2.24, 2.45) is 0 Å². The molecule has 0 radical (unpaired) electrons. The Morgan fingerprint density at radius 2 is 2.12 bits per heavy atom. The standard InChI is InChI=1S/C12H17ClN2O2/c1-4-17-12(16)15-11-7-9(13)5-6-10(11)14-8(2)3/h5-8,14H,4H2,1-3H3,(H,15,16). The summed E-state index contributed by atoms with van der Waals surface area (Å²) in [5.74, 6) is 0. The molecule has 0 saturated heterocycles. The highest BCUT2D eigenvalue weighted by Gasteiger charge is 2.08. The van der Waals surface area contributed by atoms with Gasteiger partial charge in [0.2, 0.25) is 0 Å². The van der Waals surface area contributed by atoms with Gasteiger partial charge in [-0.05, 0) is 39.0 Å². The van der Waals surface area contributed by atoms with Crippen molar-refractivity contribution >= 4 is 29.1 Å². The van der Waals surface area contributed by atoms with Crippen LogP contribution < -0.4 is 10.6 Å². The Morgan fingerprint density at radius 1 is 1.41 bits per heavy atom. The van der Waals surface area contributed by atoms with Crippen molar-refractivity contribution in [1.29, 1.82) is 0 Å². The fourth-order valence-corrected chi connectivity index (χ4v) is 1.51. The quantitative estimate of drug-likeness (QED) is 0.863. The van der Waals surface area contributed by atoms with Crippen LogP contribution in [0.25, 0.3) is 0 Å². The Kier molecular flexibility index (Phi) is 5.10. The number of carbonyl (C=O) groups excluding carboxylic acids is 1. The molecule has 1 aromatic rings. The molecule has 0 aromatic heterocycles. The molecule has 0 unspecified atom stereocenters. The summed E-state index contributed by atoms with van der Waals surface area (Å²) in [6.45, 7) is 6.12. The fourth-order valence-electron chi connectivity index (χ4n) is 1.33. The first-order chi connectivity index (χ1) is 8.02. The second-order valence-corrected chi connectivity index (χ2v) is 4.27. The van der Waals surface area contributed by atoms with Crippen LogP contribution in [0.3, 0.4) is 0 Å². The van der Waals surface area contributed by atoms with Crippen molar-refractivity contribution in [2.75, 3.05) is 17.2 Å². The summed E-state index contributed by atoms with van der Waals surface area (Å²) in [6.07, 6.45) is -0.485. The molecular formula is C12H17ClN2O2. The lowest BCUT2D eigenvalue weighted by Crippen LogP contribution is -2.17. The molecule has 0 aliphatic carbocycles. The molecule has 0 saturated carbocycles. The predicted octanol–water partition coefficient (Wildman–Crippen LogP) is 3.73. The molecule has 2 N–H and O–H groups in total. The molecule has 0 fully saturated rings. The zero-order valence-electron chi connectivity index (χ0n) is 10.2. The van der Waals surface area contributed by atoms with Gasteiger partial charge in [-0.1, -0.05) is 11.6 Å². The van der Waals surface area contributed by atoms with Gasteiger partial charge in [0, 0.05) is 11.1 Å². The largest absolute Gasteiger partial charge is 0.450 e. The summed E-state index contributed by atoms with van der Waals surface area (Å²) in [7, 11) is 0. The molecule has 0 spiro atoms. The summed E-state index contributed by atoms with van der Waals surface area (Å²) in [6, 6.07) is 5.54. The van der Waals surface area contributed by atoms with E-state index >= 15 is 0 Å². The second kappa shape index (κ2) is 6.35. The van der Waals surface area contributed by atoms with Crippen molar-refractivity contribution in [2.45, 2.75) is 26.8 Å². The highest BCUT2D eigenvalue weighted by molar-refractivity contribution is 6.31. The molecule has 0 aliphatic rings. The van der Waals surface area contributed by atoms with Crippen molar-refractivity contribution in [3.05, 3.63) is 23.2 Å². The van der Waals surface area contributed by atoms with Gasteiger partial charge in [-0.3, -0.25) is 5.32 Å². The number of amides is 1. The lowest BCUT2D eigenvalue weighted by Gasteiger charge is -2.15. The van der Waals surface area contributed by atoms with E-state index in [-0.39, 0.29) is 6.04 Å². The van der Waals surface area contributed by atoms with Crippen molar-refractivity contribution in [3.8, 4) is 0 Å². The first kappa shape index (κ1) is 13.6. The summed E-state index contributed by atoms with van der Waals surface area (Å²) < 4.78 is 4.82. The minimum atomic E-state index is -0.485. The Bertz CT molecular complexity index is 394. The van der Waals surface area contributed by atoms with Gasteiger partial charge in [0.05, 0.1) is 18.0 Å². The summed E-state index contributed by atoms with van der Waals surface area (Å²) in [5, 5.41) is 6.43. The van der Waals surface area contributed by atoms with E-state index in [2.05, 4.69) is 10.6 Å². The van der Waals surface area contributed by atoms with Crippen molar-refractivity contribution in [1.82, 2.24) is 0 Å². The normalized spacial score (nSPS) is 10.2. The summed E-state index contributed by atoms with van der Waals surface area (Å²) in [5.41, 5.74) is 1.43. The van der Waals surface area contributed by atoms with E-state index < -0.39 is 6.09 Å². The smallest absolute Gasteiger partial charge is 0.411 e. The molecule has 5 heteroatoms. The van der Waals surface area contributed by atoms with Crippen LogP contribution in [0.15, 0.2) is 18.2 Å². The Hall–Kier alpha value is -1.42. The Labute approximate surface area is 106 Å². The van der Waals surface area contributed by atoms with Crippen LogP contribution in [-0.2, 0) is 4.74 Å². The van der Waals surface area contributed by atoms with Gasteiger partial charge < -0.3 is 10.1 Å². The van der Waals surface area contributed by atoms with E-state index in [1.807, 2.05) is 19.9 Å². The van der Waals surface area contributed by atoms with Crippen LogP contribution in [0.5, 0.6) is 0 Å². The third kappa shape index (κ3) is 4.53. The first-order valence-electron chi connectivity index (χ1n) is 5.52. The number of carbonyl (C=O) groups is 1. The monoisotopic (exact) mass is 256 g/mol. The van der Waals surface area contributed by atoms with Crippen LogP contribution in [-0.4, -0.2) is 18.7 Å². The lowest BCUT2D eigenvalue weighted by molar-refractivity contribution is 0.168. The lowest BCUT2D eigenvalue weighted by atomic mass is 10.2. The molecule has 1 rings (SSSR count). The topological polar surface area (TPSA) is 50.4 Å². The minimum absolute atomic E-state index is 0.263. The van der Waals surface area contributed by atoms with Gasteiger partial charge in [-0.15, -0.1) is 0 Å². The third-order valence-electron chi connectivity index (χ3n) is 1.94. The molecule has 1 aromatic carbocycles. The van der Waals surface area contributed by atoms with Crippen molar-refractivity contribution < 1.29 is 9.53 Å². The van der Waals surface area contributed by atoms with Gasteiger partial charge in [-0.2, -0.15) is 0 Å². The first-order valence-corrected chi connectivity index (χ1v) is 5.90. The van der Waals surface area contributed by atoms with Crippen LogP contribution >= 0.6 is 11.6 Å². The molecule has 0 aliphatic heterocycles. The van der Waals surface area contributed by atoms with E-state index in [1.54, 1.807) is 19.1 Å². The highest BCUT2D eigenvalue weighted by Crippen LogP contribution is 2.26. The zero-order chi connectivity index (χ0) is 12.8. The van der Waals surface area contributed by atoms with Gasteiger partial charge in [-0.25, -0.2) is 4.79 Å². The maximum absolute atomic E-state index is 11.4. The van der Waals surface area contributed by atoms with Crippen LogP contribution in [0.4, 0.5) is 16.2 Å². The average Bonchev–Trinajstić information content (AvgIpc) is 2.22. The maximum Gasteiger partial charge on any atom is 0.411 e. The van der Waals surface area contributed by atoms with E-state index in [9.17, 15) is 4.79 Å². The number of rotatable bonds is 4. The average molecular weight is 257 g/mol. The number of anilines is 2. The predicted molar refractivity (Wildman–Crippen MR) is 70.9 cm³/mol. The fraction of sp³-hybridized carbons (Fsp3) is 0.417. The number of hydrogen-bond acceptors (Lipinski definition) is 3. The van der Waals surface area contributed by atoms with E-state index in [0.717, 1.165) is 5.69 Å². The van der Waals surface area contributed by atoms with Gasteiger partial charge >= 0.3 is 6.09 Å². The van der Waals surface area contributed by atoms with Gasteiger partial charge in [0.15, 0.2) is 0 Å². The van der Waals surface area contributed by atoms with Crippen LogP contribution in [0, 0.1) is 0 Å². The number of ether oxygens (including phenoxy) is 1. The number of halogens is 1. The summed E-state index contributed by atoms with van der Waals surface area (Å²) in [4.78, 5) is 11.4. The molecule has 1 amide bonds. The molecule has 4 nitrogen and oxygen atoms in total. The maximum atomic E-state index is 11.4. The summed E-state index contributed by atoms with van der Waals surface area (Å²) >= 11 is 5.89. The molecular weight excluding hydrogens is 240 g/mol. The SMILES string of the molecule is CCOC(=O)Nc1cc(Cl)ccc1NC(C)C. The molecule has 17 heavy (non-hydrogen) atoms.